The van der Waals surface area contributed by atoms with E-state index < -0.39 is 0 Å². The van der Waals surface area contributed by atoms with Gasteiger partial charge in [0.25, 0.3) is 0 Å². The molecule has 4 heteroatoms. The third kappa shape index (κ3) is 2.92. The SMILES string of the molecule is COC(=O)c1ccc(C(=O)CCBr)cc1C. The van der Waals surface area contributed by atoms with Crippen LogP contribution < -0.4 is 0 Å². The first-order valence-electron chi connectivity index (χ1n) is 4.88. The molecule has 0 aliphatic heterocycles. The molecule has 1 rings (SSSR count). The molecule has 0 atom stereocenters. The van der Waals surface area contributed by atoms with Crippen LogP contribution in [-0.2, 0) is 4.74 Å². The molecule has 0 bridgehead atoms. The van der Waals surface area contributed by atoms with Crippen LogP contribution in [-0.4, -0.2) is 24.2 Å². The molecule has 0 radical (unpaired) electrons. The molecule has 0 spiro atoms. The Hall–Kier alpha value is -1.16. The lowest BCUT2D eigenvalue weighted by molar-refractivity contribution is 0.0599. The number of halogens is 1. The van der Waals surface area contributed by atoms with Crippen molar-refractivity contribution in [3.8, 4) is 0 Å². The standard InChI is InChI=1S/C12H13BrO3/c1-8-7-9(11(14)5-6-13)3-4-10(8)12(15)16-2/h3-4,7H,5-6H2,1-2H3. The number of esters is 1. The third-order valence-corrected chi connectivity index (χ3v) is 2.67. The highest BCUT2D eigenvalue weighted by Gasteiger charge is 2.11. The normalized spacial score (nSPS) is 9.94. The van der Waals surface area contributed by atoms with Crippen molar-refractivity contribution < 1.29 is 14.3 Å². The largest absolute Gasteiger partial charge is 0.465 e. The van der Waals surface area contributed by atoms with Crippen LogP contribution in [0.3, 0.4) is 0 Å². The molecule has 3 nitrogen and oxygen atoms in total. The Kier molecular flexibility index (Phi) is 4.68. The Morgan fingerprint density at radius 2 is 2.06 bits per heavy atom. The second-order valence-corrected chi connectivity index (χ2v) is 4.18. The minimum absolute atomic E-state index is 0.0661. The summed E-state index contributed by atoms with van der Waals surface area (Å²) in [6, 6.07) is 5.00. The Morgan fingerprint density at radius 3 is 2.56 bits per heavy atom. The number of hydrogen-bond acceptors (Lipinski definition) is 3. The smallest absolute Gasteiger partial charge is 0.338 e. The van der Waals surface area contributed by atoms with Crippen LogP contribution in [0, 0.1) is 6.92 Å². The zero-order valence-corrected chi connectivity index (χ0v) is 10.8. The summed E-state index contributed by atoms with van der Waals surface area (Å²) >= 11 is 3.22. The van der Waals surface area contributed by atoms with Crippen LogP contribution in [0.15, 0.2) is 18.2 Å². The lowest BCUT2D eigenvalue weighted by atomic mass is 10.0. The lowest BCUT2D eigenvalue weighted by Crippen LogP contribution is -2.06. The van der Waals surface area contributed by atoms with E-state index in [0.717, 1.165) is 5.56 Å². The van der Waals surface area contributed by atoms with Crippen molar-refractivity contribution in [1.29, 1.82) is 0 Å². The molecule has 0 aromatic heterocycles. The van der Waals surface area contributed by atoms with Gasteiger partial charge in [-0.2, -0.15) is 0 Å². The van der Waals surface area contributed by atoms with Gasteiger partial charge in [0.05, 0.1) is 12.7 Å². The predicted octanol–water partition coefficient (Wildman–Crippen LogP) is 2.75. The Morgan fingerprint density at radius 1 is 1.38 bits per heavy atom. The third-order valence-electron chi connectivity index (χ3n) is 2.28. The number of benzene rings is 1. The number of methoxy groups -OCH3 is 1. The zero-order chi connectivity index (χ0) is 12.1. The van der Waals surface area contributed by atoms with E-state index in [-0.39, 0.29) is 11.8 Å². The molecule has 16 heavy (non-hydrogen) atoms. The highest BCUT2D eigenvalue weighted by atomic mass is 79.9. The van der Waals surface area contributed by atoms with Crippen LogP contribution in [0.5, 0.6) is 0 Å². The molecular formula is C12H13BrO3. The first kappa shape index (κ1) is 12.9. The predicted molar refractivity (Wildman–Crippen MR) is 65.3 cm³/mol. The van der Waals surface area contributed by atoms with Crippen LogP contribution in [0.25, 0.3) is 0 Å². The fourth-order valence-corrected chi connectivity index (χ4v) is 1.77. The van der Waals surface area contributed by atoms with Gasteiger partial charge in [0, 0.05) is 17.3 Å². The van der Waals surface area contributed by atoms with E-state index in [4.69, 9.17) is 0 Å². The van der Waals surface area contributed by atoms with Gasteiger partial charge in [-0.15, -0.1) is 0 Å². The maximum Gasteiger partial charge on any atom is 0.338 e. The molecule has 0 amide bonds. The number of ether oxygens (including phenoxy) is 1. The zero-order valence-electron chi connectivity index (χ0n) is 9.25. The molecule has 0 saturated heterocycles. The second-order valence-electron chi connectivity index (χ2n) is 3.38. The summed E-state index contributed by atoms with van der Waals surface area (Å²) in [7, 11) is 1.34. The summed E-state index contributed by atoms with van der Waals surface area (Å²) in [4.78, 5) is 22.9. The van der Waals surface area contributed by atoms with Gasteiger partial charge in [0.1, 0.15) is 0 Å². The summed E-state index contributed by atoms with van der Waals surface area (Å²) in [5, 5.41) is 0.642. The van der Waals surface area contributed by atoms with Gasteiger partial charge in [0.2, 0.25) is 0 Å². The number of Topliss-reactive ketones (excluding diaryl/α,β-unsaturated/α-hetero) is 1. The van der Waals surface area contributed by atoms with Crippen molar-refractivity contribution in [3.63, 3.8) is 0 Å². The molecular weight excluding hydrogens is 272 g/mol. The first-order valence-corrected chi connectivity index (χ1v) is 6.00. The maximum absolute atomic E-state index is 11.6. The number of rotatable bonds is 4. The molecule has 0 aliphatic rings. The van der Waals surface area contributed by atoms with E-state index in [2.05, 4.69) is 20.7 Å². The Labute approximate surface area is 103 Å². The van der Waals surface area contributed by atoms with Gasteiger partial charge in [-0.25, -0.2) is 4.79 Å². The van der Waals surface area contributed by atoms with Crippen LogP contribution in [0.1, 0.15) is 32.7 Å². The molecule has 0 N–H and O–H groups in total. The molecule has 86 valence electrons. The Balaban J connectivity index is 2.99. The number of alkyl halides is 1. The Bertz CT molecular complexity index is 413. The number of carbonyl (C=O) groups is 2. The summed E-state index contributed by atoms with van der Waals surface area (Å²) in [5.74, 6) is -0.312. The quantitative estimate of drug-likeness (QED) is 0.485. The monoisotopic (exact) mass is 284 g/mol. The van der Waals surface area contributed by atoms with Crippen LogP contribution in [0.2, 0.25) is 0 Å². The number of aryl methyl sites for hydroxylation is 1. The van der Waals surface area contributed by atoms with Gasteiger partial charge in [-0.1, -0.05) is 22.0 Å². The van der Waals surface area contributed by atoms with Crippen molar-refractivity contribution in [2.24, 2.45) is 0 Å². The average molecular weight is 285 g/mol. The molecule has 0 fully saturated rings. The molecule has 0 aliphatic carbocycles. The van der Waals surface area contributed by atoms with Gasteiger partial charge in [-0.05, 0) is 24.6 Å². The van der Waals surface area contributed by atoms with Crippen molar-refractivity contribution in [3.05, 3.63) is 34.9 Å². The molecule has 0 unspecified atom stereocenters. The highest BCUT2D eigenvalue weighted by Crippen LogP contribution is 2.14. The lowest BCUT2D eigenvalue weighted by Gasteiger charge is -2.05. The van der Waals surface area contributed by atoms with Crippen molar-refractivity contribution in [2.75, 3.05) is 12.4 Å². The highest BCUT2D eigenvalue weighted by molar-refractivity contribution is 9.09. The van der Waals surface area contributed by atoms with E-state index in [9.17, 15) is 9.59 Å². The van der Waals surface area contributed by atoms with E-state index in [0.29, 0.717) is 22.9 Å². The number of hydrogen-bond donors (Lipinski definition) is 0. The van der Waals surface area contributed by atoms with Crippen molar-refractivity contribution in [2.45, 2.75) is 13.3 Å². The summed E-state index contributed by atoms with van der Waals surface area (Å²) < 4.78 is 4.63. The van der Waals surface area contributed by atoms with E-state index in [1.807, 2.05) is 0 Å². The summed E-state index contributed by atoms with van der Waals surface area (Å²) in [5.41, 5.74) is 1.88. The number of ketones is 1. The fourth-order valence-electron chi connectivity index (χ4n) is 1.41. The first-order chi connectivity index (χ1) is 7.60. The van der Waals surface area contributed by atoms with Crippen molar-refractivity contribution >= 4 is 27.7 Å². The average Bonchev–Trinajstić information content (AvgIpc) is 2.28. The fraction of sp³-hybridized carbons (Fsp3) is 0.333. The molecule has 0 heterocycles. The topological polar surface area (TPSA) is 43.4 Å². The van der Waals surface area contributed by atoms with Gasteiger partial charge < -0.3 is 4.74 Å². The molecule has 1 aromatic rings. The molecule has 0 saturated carbocycles. The van der Waals surface area contributed by atoms with E-state index in [1.165, 1.54) is 7.11 Å². The minimum Gasteiger partial charge on any atom is -0.465 e. The van der Waals surface area contributed by atoms with Gasteiger partial charge >= 0.3 is 5.97 Å². The minimum atomic E-state index is -0.378. The molecule has 1 aromatic carbocycles. The van der Waals surface area contributed by atoms with Crippen LogP contribution in [0.4, 0.5) is 0 Å². The number of carbonyl (C=O) groups excluding carboxylic acids is 2. The summed E-state index contributed by atoms with van der Waals surface area (Å²) in [6.07, 6.45) is 0.455. The van der Waals surface area contributed by atoms with Crippen LogP contribution >= 0.6 is 15.9 Å². The van der Waals surface area contributed by atoms with E-state index in [1.54, 1.807) is 25.1 Å². The van der Waals surface area contributed by atoms with Crippen molar-refractivity contribution in [1.82, 2.24) is 0 Å². The van der Waals surface area contributed by atoms with Gasteiger partial charge in [-0.3, -0.25) is 4.79 Å². The second kappa shape index (κ2) is 5.80. The summed E-state index contributed by atoms with van der Waals surface area (Å²) in [6.45, 7) is 1.79. The van der Waals surface area contributed by atoms with Gasteiger partial charge in [0.15, 0.2) is 5.78 Å². The maximum atomic E-state index is 11.6. The van der Waals surface area contributed by atoms with E-state index >= 15 is 0 Å².